The first-order valence-corrected chi connectivity index (χ1v) is 7.50. The molecule has 136 valence electrons. The monoisotopic (exact) mass is 366 g/mol. The lowest BCUT2D eigenvalue weighted by Crippen LogP contribution is -2.61. The number of carbonyl (C=O) groups is 4. The Morgan fingerprint density at radius 3 is 1.71 bits per heavy atom. The van der Waals surface area contributed by atoms with Gasteiger partial charge in [0.25, 0.3) is 0 Å². The lowest BCUT2D eigenvalue weighted by atomic mass is 9.99. The van der Waals surface area contributed by atoms with Gasteiger partial charge in [-0.25, -0.2) is 0 Å². The molecular formula is C14H19ClO9. The zero-order valence-corrected chi connectivity index (χ0v) is 14.4. The van der Waals surface area contributed by atoms with E-state index in [1.54, 1.807) is 0 Å². The second-order valence-electron chi connectivity index (χ2n) is 5.05. The van der Waals surface area contributed by atoms with Gasteiger partial charge in [-0.15, -0.1) is 0 Å². The summed E-state index contributed by atoms with van der Waals surface area (Å²) in [5.74, 6) is -2.67. The van der Waals surface area contributed by atoms with Gasteiger partial charge in [-0.05, 0) is 0 Å². The molecule has 1 aliphatic heterocycles. The number of ether oxygens (including phenoxy) is 5. The van der Waals surface area contributed by atoms with Crippen LogP contribution >= 0.6 is 11.6 Å². The average molecular weight is 367 g/mol. The van der Waals surface area contributed by atoms with Crippen molar-refractivity contribution in [2.24, 2.45) is 0 Å². The summed E-state index contributed by atoms with van der Waals surface area (Å²) in [6.07, 6.45) is -4.60. The SMILES string of the molecule is CC(=O)OCC1O[C@H](Cl)C(OC(C)=O)C(OC(C)=O)[C@@H]1OC(C)=O. The van der Waals surface area contributed by atoms with Crippen molar-refractivity contribution in [2.75, 3.05) is 6.61 Å². The van der Waals surface area contributed by atoms with Gasteiger partial charge in [0.05, 0.1) is 0 Å². The molecule has 1 fully saturated rings. The van der Waals surface area contributed by atoms with Crippen molar-refractivity contribution in [1.82, 2.24) is 0 Å². The normalized spacial score (nSPS) is 29.3. The molecule has 0 aromatic heterocycles. The third kappa shape index (κ3) is 5.97. The highest BCUT2D eigenvalue weighted by atomic mass is 35.5. The van der Waals surface area contributed by atoms with E-state index in [9.17, 15) is 19.2 Å². The van der Waals surface area contributed by atoms with Gasteiger partial charge in [0, 0.05) is 27.7 Å². The standard InChI is InChI=1S/C14H19ClO9/c1-6(16)20-5-10-11(21-7(2)17)12(22-8(3)18)13(14(15)24-10)23-9(4)19/h10-14H,5H2,1-4H3/t10?,11-,12?,13?,14+/m1/s1. The van der Waals surface area contributed by atoms with Crippen molar-refractivity contribution < 1.29 is 42.9 Å². The van der Waals surface area contributed by atoms with E-state index in [0.29, 0.717) is 0 Å². The quantitative estimate of drug-likeness (QED) is 0.385. The Kier molecular flexibility index (Phi) is 7.43. The predicted molar refractivity (Wildman–Crippen MR) is 77.8 cm³/mol. The topological polar surface area (TPSA) is 114 Å². The van der Waals surface area contributed by atoms with Crippen molar-refractivity contribution >= 4 is 35.5 Å². The fraction of sp³-hybridized carbons (Fsp3) is 0.714. The molecule has 0 aromatic rings. The highest BCUT2D eigenvalue weighted by Gasteiger charge is 2.51. The maximum Gasteiger partial charge on any atom is 0.303 e. The molecule has 0 spiro atoms. The third-order valence-electron chi connectivity index (χ3n) is 2.93. The van der Waals surface area contributed by atoms with Gasteiger partial charge >= 0.3 is 23.9 Å². The van der Waals surface area contributed by atoms with Gasteiger partial charge in [0.1, 0.15) is 12.7 Å². The van der Waals surface area contributed by atoms with E-state index < -0.39 is 53.9 Å². The molecule has 5 atom stereocenters. The largest absolute Gasteiger partial charge is 0.463 e. The van der Waals surface area contributed by atoms with E-state index in [0.717, 1.165) is 20.8 Å². The summed E-state index contributed by atoms with van der Waals surface area (Å²) >= 11 is 6.05. The van der Waals surface area contributed by atoms with Crippen molar-refractivity contribution in [3.05, 3.63) is 0 Å². The van der Waals surface area contributed by atoms with Crippen molar-refractivity contribution in [3.63, 3.8) is 0 Å². The first kappa shape index (κ1) is 20.2. The van der Waals surface area contributed by atoms with E-state index in [1.807, 2.05) is 0 Å². The summed E-state index contributed by atoms with van der Waals surface area (Å²) in [5, 5.41) is 0. The molecule has 0 radical (unpaired) electrons. The van der Waals surface area contributed by atoms with Gasteiger partial charge in [0.15, 0.2) is 23.9 Å². The average Bonchev–Trinajstić information content (AvgIpc) is 2.42. The second kappa shape index (κ2) is 8.84. The maximum absolute atomic E-state index is 11.4. The van der Waals surface area contributed by atoms with Gasteiger partial charge in [-0.2, -0.15) is 0 Å². The van der Waals surface area contributed by atoms with Crippen LogP contribution in [-0.2, 0) is 42.9 Å². The minimum Gasteiger partial charge on any atom is -0.463 e. The molecule has 0 aromatic carbocycles. The smallest absolute Gasteiger partial charge is 0.303 e. The van der Waals surface area contributed by atoms with Crippen LogP contribution in [0, 0.1) is 0 Å². The molecule has 0 N–H and O–H groups in total. The predicted octanol–water partition coefficient (Wildman–Crippen LogP) is 0.308. The Hall–Kier alpha value is -1.87. The van der Waals surface area contributed by atoms with Crippen LogP contribution in [-0.4, -0.2) is 60.5 Å². The fourth-order valence-electron chi connectivity index (χ4n) is 2.18. The molecule has 1 heterocycles. The van der Waals surface area contributed by atoms with E-state index >= 15 is 0 Å². The first-order valence-electron chi connectivity index (χ1n) is 7.06. The Labute approximate surface area is 143 Å². The molecule has 10 heteroatoms. The molecule has 3 unspecified atom stereocenters. The Balaban J connectivity index is 3.11. The van der Waals surface area contributed by atoms with E-state index in [4.69, 9.17) is 35.3 Å². The first-order chi connectivity index (χ1) is 11.1. The molecule has 1 saturated heterocycles. The molecule has 0 bridgehead atoms. The lowest BCUT2D eigenvalue weighted by molar-refractivity contribution is -0.238. The number of hydrogen-bond donors (Lipinski definition) is 0. The van der Waals surface area contributed by atoms with Crippen molar-refractivity contribution in [1.29, 1.82) is 0 Å². The zero-order valence-electron chi connectivity index (χ0n) is 13.6. The van der Waals surface area contributed by atoms with Crippen LogP contribution in [0.4, 0.5) is 0 Å². The maximum atomic E-state index is 11.4. The Bertz CT molecular complexity index is 506. The van der Waals surface area contributed by atoms with E-state index in [2.05, 4.69) is 0 Å². The summed E-state index contributed by atoms with van der Waals surface area (Å²) in [6, 6.07) is 0. The van der Waals surface area contributed by atoms with Crippen LogP contribution in [0.3, 0.4) is 0 Å². The van der Waals surface area contributed by atoms with Crippen LogP contribution in [0.2, 0.25) is 0 Å². The highest BCUT2D eigenvalue weighted by Crippen LogP contribution is 2.30. The Morgan fingerprint density at radius 2 is 1.25 bits per heavy atom. The minimum absolute atomic E-state index is 0.291. The molecule has 0 saturated carbocycles. The molecule has 1 aliphatic rings. The number of rotatable bonds is 5. The number of esters is 4. The van der Waals surface area contributed by atoms with Gasteiger partial charge in [-0.3, -0.25) is 19.2 Å². The van der Waals surface area contributed by atoms with Gasteiger partial charge in [-0.1, -0.05) is 11.6 Å². The Morgan fingerprint density at radius 1 is 0.792 bits per heavy atom. The van der Waals surface area contributed by atoms with E-state index in [1.165, 1.54) is 6.92 Å². The van der Waals surface area contributed by atoms with Crippen LogP contribution in [0.25, 0.3) is 0 Å². The summed E-state index contributed by atoms with van der Waals surface area (Å²) in [6.45, 7) is 4.31. The molecule has 0 amide bonds. The van der Waals surface area contributed by atoms with Gasteiger partial charge < -0.3 is 23.7 Å². The highest BCUT2D eigenvalue weighted by molar-refractivity contribution is 6.20. The van der Waals surface area contributed by atoms with Crippen LogP contribution in [0.1, 0.15) is 27.7 Å². The number of halogens is 1. The summed E-state index contributed by atoms with van der Waals surface area (Å²) < 4.78 is 25.6. The number of carbonyl (C=O) groups excluding carboxylic acids is 4. The second-order valence-corrected chi connectivity index (χ2v) is 5.48. The zero-order chi connectivity index (χ0) is 18.4. The lowest BCUT2D eigenvalue weighted by Gasteiger charge is -2.42. The summed E-state index contributed by atoms with van der Waals surface area (Å²) in [7, 11) is 0. The van der Waals surface area contributed by atoms with Crippen LogP contribution < -0.4 is 0 Å². The summed E-state index contributed by atoms with van der Waals surface area (Å²) in [5.41, 5.74) is -1.20. The van der Waals surface area contributed by atoms with Crippen LogP contribution in [0.15, 0.2) is 0 Å². The van der Waals surface area contributed by atoms with Gasteiger partial charge in [0.2, 0.25) is 0 Å². The molecular weight excluding hydrogens is 348 g/mol. The molecule has 1 rings (SSSR count). The van der Waals surface area contributed by atoms with E-state index in [-0.39, 0.29) is 6.61 Å². The molecule has 0 aliphatic carbocycles. The third-order valence-corrected chi connectivity index (χ3v) is 3.29. The number of alkyl halides is 1. The summed E-state index contributed by atoms with van der Waals surface area (Å²) in [4.78, 5) is 45.0. The van der Waals surface area contributed by atoms with Crippen LogP contribution in [0.5, 0.6) is 0 Å². The van der Waals surface area contributed by atoms with Crippen molar-refractivity contribution in [2.45, 2.75) is 57.7 Å². The fourth-order valence-corrected chi connectivity index (χ4v) is 2.50. The number of hydrogen-bond acceptors (Lipinski definition) is 9. The minimum atomic E-state index is -1.22. The molecule has 24 heavy (non-hydrogen) atoms. The van der Waals surface area contributed by atoms with Crippen molar-refractivity contribution in [3.8, 4) is 0 Å². The molecule has 9 nitrogen and oxygen atoms in total.